The Morgan fingerprint density at radius 3 is 2.85 bits per heavy atom. The number of hydrogen-bond donors (Lipinski definition) is 3. The average Bonchev–Trinajstić information content (AvgIpc) is 3.19. The number of amides is 3. The fraction of sp³-hybridized carbons (Fsp3) is 0.526. The Morgan fingerprint density at radius 1 is 1.26 bits per heavy atom. The van der Waals surface area contributed by atoms with Gasteiger partial charge in [-0.1, -0.05) is 12.1 Å². The van der Waals surface area contributed by atoms with Gasteiger partial charge in [0, 0.05) is 44.2 Å². The van der Waals surface area contributed by atoms with Crippen LogP contribution in [0.25, 0.3) is 0 Å². The molecule has 3 aliphatic rings. The maximum Gasteiger partial charge on any atom is 0.255 e. The smallest absolute Gasteiger partial charge is 0.255 e. The Labute approximate surface area is 156 Å². The summed E-state index contributed by atoms with van der Waals surface area (Å²) in [6.45, 7) is 2.01. The van der Waals surface area contributed by atoms with Gasteiger partial charge in [-0.15, -0.1) is 0 Å². The normalized spacial score (nSPS) is 27.8. The molecule has 7 nitrogen and oxygen atoms in total. The van der Waals surface area contributed by atoms with E-state index in [-0.39, 0.29) is 24.3 Å². The summed E-state index contributed by atoms with van der Waals surface area (Å²) in [5.74, 6) is -0.861. The second-order valence-corrected chi connectivity index (χ2v) is 7.41. The van der Waals surface area contributed by atoms with E-state index in [9.17, 15) is 18.8 Å². The lowest BCUT2D eigenvalue weighted by atomic mass is 10.0. The molecule has 3 aliphatic heterocycles. The molecule has 0 aliphatic carbocycles. The SMILES string of the molecule is O=C1CCC(N2Cc3c(CNC[C@@H]4C[C@H](F)CN4)cccc3C2=O)C(=O)N1. The third-order valence-electron chi connectivity index (χ3n) is 5.55. The van der Waals surface area contributed by atoms with Crippen molar-refractivity contribution in [1.29, 1.82) is 0 Å². The van der Waals surface area contributed by atoms with Gasteiger partial charge in [0.2, 0.25) is 11.8 Å². The van der Waals surface area contributed by atoms with Gasteiger partial charge >= 0.3 is 0 Å². The zero-order valence-corrected chi connectivity index (χ0v) is 15.0. The minimum atomic E-state index is -0.780. The fourth-order valence-corrected chi connectivity index (χ4v) is 4.12. The maximum absolute atomic E-state index is 13.2. The van der Waals surface area contributed by atoms with E-state index in [1.54, 1.807) is 11.0 Å². The molecule has 0 bridgehead atoms. The van der Waals surface area contributed by atoms with Crippen LogP contribution in [0.3, 0.4) is 0 Å². The number of benzene rings is 1. The van der Waals surface area contributed by atoms with Gasteiger partial charge in [0.05, 0.1) is 0 Å². The number of nitrogens with one attached hydrogen (secondary N) is 3. The minimum absolute atomic E-state index is 0.123. The maximum atomic E-state index is 13.2. The van der Waals surface area contributed by atoms with Crippen molar-refractivity contribution < 1.29 is 18.8 Å². The lowest BCUT2D eigenvalue weighted by molar-refractivity contribution is -0.136. The summed E-state index contributed by atoms with van der Waals surface area (Å²) >= 11 is 0. The summed E-state index contributed by atoms with van der Waals surface area (Å²) in [6, 6.07) is 5.10. The number of halogens is 1. The predicted molar refractivity (Wildman–Crippen MR) is 95.5 cm³/mol. The van der Waals surface area contributed by atoms with Crippen LogP contribution in [0.2, 0.25) is 0 Å². The zero-order valence-electron chi connectivity index (χ0n) is 15.0. The number of rotatable bonds is 5. The molecule has 2 fully saturated rings. The number of carbonyl (C=O) groups is 3. The highest BCUT2D eigenvalue weighted by Gasteiger charge is 2.39. The molecule has 0 radical (unpaired) electrons. The van der Waals surface area contributed by atoms with E-state index >= 15 is 0 Å². The van der Waals surface area contributed by atoms with Crippen molar-refractivity contribution in [2.45, 2.75) is 50.6 Å². The van der Waals surface area contributed by atoms with E-state index in [1.165, 1.54) is 0 Å². The molecule has 27 heavy (non-hydrogen) atoms. The third kappa shape index (κ3) is 3.59. The topological polar surface area (TPSA) is 90.5 Å². The molecule has 3 amide bonds. The van der Waals surface area contributed by atoms with Crippen molar-refractivity contribution in [3.8, 4) is 0 Å². The number of alkyl halides is 1. The molecule has 144 valence electrons. The molecule has 8 heteroatoms. The summed E-state index contributed by atoms with van der Waals surface area (Å²) in [6.07, 6.45) is 0.337. The summed E-state index contributed by atoms with van der Waals surface area (Å²) in [5.41, 5.74) is 2.54. The Balaban J connectivity index is 1.43. The summed E-state index contributed by atoms with van der Waals surface area (Å²) in [4.78, 5) is 37.8. The van der Waals surface area contributed by atoms with E-state index in [4.69, 9.17) is 0 Å². The Hall–Kier alpha value is -2.32. The highest BCUT2D eigenvalue weighted by atomic mass is 19.1. The summed E-state index contributed by atoms with van der Waals surface area (Å²) < 4.78 is 13.2. The van der Waals surface area contributed by atoms with E-state index in [2.05, 4.69) is 16.0 Å². The zero-order chi connectivity index (χ0) is 19.0. The van der Waals surface area contributed by atoms with Crippen molar-refractivity contribution >= 4 is 17.7 Å². The monoisotopic (exact) mass is 374 g/mol. The van der Waals surface area contributed by atoms with Gasteiger partial charge < -0.3 is 15.5 Å². The molecule has 0 aromatic heterocycles. The molecular weight excluding hydrogens is 351 g/mol. The largest absolute Gasteiger partial charge is 0.322 e. The standard InChI is InChI=1S/C19H23FN4O3/c20-12-6-13(22-8-12)9-21-7-11-2-1-3-14-15(11)10-24(19(14)27)16-4-5-17(25)23-18(16)26/h1-3,12-13,16,21-22H,4-10H2,(H,23,25,26)/t12-,13-,16?/m0/s1. The number of carbonyl (C=O) groups excluding carboxylic acids is 3. The van der Waals surface area contributed by atoms with Crippen molar-refractivity contribution in [2.24, 2.45) is 0 Å². The first-order valence-corrected chi connectivity index (χ1v) is 9.36. The Kier molecular flexibility index (Phi) is 4.92. The van der Waals surface area contributed by atoms with E-state index < -0.39 is 18.1 Å². The second kappa shape index (κ2) is 7.36. The lowest BCUT2D eigenvalue weighted by Crippen LogP contribution is -2.52. The van der Waals surface area contributed by atoms with E-state index in [0.29, 0.717) is 44.6 Å². The molecule has 1 aromatic rings. The molecular formula is C19H23FN4O3. The van der Waals surface area contributed by atoms with Crippen LogP contribution in [0.4, 0.5) is 4.39 Å². The number of hydrogen-bond acceptors (Lipinski definition) is 5. The quantitative estimate of drug-likeness (QED) is 0.643. The molecule has 0 saturated carbocycles. The second-order valence-electron chi connectivity index (χ2n) is 7.41. The average molecular weight is 374 g/mol. The first-order valence-electron chi connectivity index (χ1n) is 9.36. The van der Waals surface area contributed by atoms with Gasteiger partial charge in [-0.3, -0.25) is 19.7 Å². The van der Waals surface area contributed by atoms with Gasteiger partial charge in [0.15, 0.2) is 0 Å². The van der Waals surface area contributed by atoms with Gasteiger partial charge in [-0.25, -0.2) is 4.39 Å². The van der Waals surface area contributed by atoms with Gasteiger partial charge in [-0.05, 0) is 30.0 Å². The molecule has 0 spiro atoms. The fourth-order valence-electron chi connectivity index (χ4n) is 4.12. The lowest BCUT2D eigenvalue weighted by Gasteiger charge is -2.29. The number of piperidine rings is 1. The van der Waals surface area contributed by atoms with Crippen LogP contribution in [0.15, 0.2) is 18.2 Å². The van der Waals surface area contributed by atoms with E-state index in [0.717, 1.165) is 11.1 Å². The molecule has 1 unspecified atom stereocenters. The first kappa shape index (κ1) is 18.1. The van der Waals surface area contributed by atoms with Crippen LogP contribution in [0.1, 0.15) is 40.7 Å². The van der Waals surface area contributed by atoms with Crippen molar-refractivity contribution in [3.05, 3.63) is 34.9 Å². The van der Waals surface area contributed by atoms with Crippen LogP contribution in [0.5, 0.6) is 0 Å². The van der Waals surface area contributed by atoms with Crippen LogP contribution in [-0.2, 0) is 22.7 Å². The highest BCUT2D eigenvalue weighted by molar-refractivity contribution is 6.05. The van der Waals surface area contributed by atoms with Gasteiger partial charge in [-0.2, -0.15) is 0 Å². The first-order chi connectivity index (χ1) is 13.0. The predicted octanol–water partition coefficient (Wildman–Crippen LogP) is 0.237. The van der Waals surface area contributed by atoms with Crippen molar-refractivity contribution in [1.82, 2.24) is 20.9 Å². The van der Waals surface area contributed by atoms with Crippen molar-refractivity contribution in [3.63, 3.8) is 0 Å². The minimum Gasteiger partial charge on any atom is -0.322 e. The van der Waals surface area contributed by atoms with Crippen LogP contribution in [0, 0.1) is 0 Å². The van der Waals surface area contributed by atoms with Gasteiger partial charge in [0.25, 0.3) is 5.91 Å². The van der Waals surface area contributed by atoms with Crippen LogP contribution >= 0.6 is 0 Å². The number of nitrogens with zero attached hydrogens (tertiary/aromatic N) is 1. The number of imide groups is 1. The summed E-state index contributed by atoms with van der Waals surface area (Å²) in [5, 5.41) is 8.79. The van der Waals surface area contributed by atoms with Crippen LogP contribution < -0.4 is 16.0 Å². The molecule has 3 atom stereocenters. The van der Waals surface area contributed by atoms with E-state index in [1.807, 2.05) is 12.1 Å². The third-order valence-corrected chi connectivity index (χ3v) is 5.55. The molecule has 2 saturated heterocycles. The Bertz CT molecular complexity index is 784. The summed E-state index contributed by atoms with van der Waals surface area (Å²) in [7, 11) is 0. The molecule has 4 rings (SSSR count). The molecule has 3 heterocycles. The Morgan fingerprint density at radius 2 is 2.11 bits per heavy atom. The van der Waals surface area contributed by atoms with Crippen molar-refractivity contribution in [2.75, 3.05) is 13.1 Å². The van der Waals surface area contributed by atoms with Crippen LogP contribution in [-0.4, -0.2) is 54.0 Å². The molecule has 1 aromatic carbocycles. The highest BCUT2D eigenvalue weighted by Crippen LogP contribution is 2.29. The van der Waals surface area contributed by atoms with Gasteiger partial charge in [0.1, 0.15) is 12.2 Å². The molecule has 3 N–H and O–H groups in total. The number of fused-ring (bicyclic) bond motifs is 1.